The zero-order chi connectivity index (χ0) is 19.9. The summed E-state index contributed by atoms with van der Waals surface area (Å²) < 4.78 is 6.45. The molecule has 28 heavy (non-hydrogen) atoms. The van der Waals surface area contributed by atoms with E-state index in [0.717, 1.165) is 23.3 Å². The zero-order valence-corrected chi connectivity index (χ0v) is 18.5. The van der Waals surface area contributed by atoms with Crippen LogP contribution in [0.2, 0.25) is 0 Å². The van der Waals surface area contributed by atoms with E-state index >= 15 is 0 Å². The lowest BCUT2D eigenvalue weighted by Crippen LogP contribution is -2.28. The summed E-state index contributed by atoms with van der Waals surface area (Å²) in [6.45, 7) is 8.80. The van der Waals surface area contributed by atoms with Gasteiger partial charge in [-0.1, -0.05) is 71.7 Å². The molecule has 2 nitrogen and oxygen atoms in total. The molecule has 1 heterocycles. The molecule has 0 unspecified atom stereocenters. The fraction of sp³-hybridized carbons (Fsp3) is 0.280. The van der Waals surface area contributed by atoms with Crippen LogP contribution in [0.3, 0.4) is 0 Å². The predicted octanol–water partition coefficient (Wildman–Crippen LogP) is 6.73. The summed E-state index contributed by atoms with van der Waals surface area (Å²) in [7, 11) is 1.71. The molecule has 144 valence electrons. The van der Waals surface area contributed by atoms with Crippen molar-refractivity contribution in [3.05, 3.63) is 81.8 Å². The molecule has 0 fully saturated rings. The van der Waals surface area contributed by atoms with Gasteiger partial charge in [0.2, 0.25) is 0 Å². The fourth-order valence-electron chi connectivity index (χ4n) is 4.25. The Kier molecular flexibility index (Phi) is 4.96. The number of methoxy groups -OCH3 is 1. The molecule has 0 atom stereocenters. The monoisotopic (exact) mass is 435 g/mol. The lowest BCUT2D eigenvalue weighted by atomic mass is 9.84. The maximum atomic E-state index is 5.31. The second-order valence-corrected chi connectivity index (χ2v) is 9.13. The Morgan fingerprint density at radius 3 is 2.39 bits per heavy atom. The van der Waals surface area contributed by atoms with Gasteiger partial charge in [0.25, 0.3) is 0 Å². The molecule has 3 heteroatoms. The van der Waals surface area contributed by atoms with Crippen LogP contribution >= 0.6 is 15.9 Å². The second kappa shape index (κ2) is 7.29. The molecule has 1 aliphatic rings. The third-order valence-corrected chi connectivity index (χ3v) is 6.27. The number of rotatable bonds is 4. The molecule has 0 saturated heterocycles. The zero-order valence-electron chi connectivity index (χ0n) is 16.9. The molecular formula is C25H26BrNO. The van der Waals surface area contributed by atoms with E-state index in [2.05, 4.69) is 90.1 Å². The number of nitrogens with zero attached hydrogens (tertiary/aromatic N) is 1. The SMILES string of the molecule is COc1ccc(CN2CC(C)(C)c3cc(C)cc(-c4ccccc4Br)c32)cc1. The molecule has 0 aromatic heterocycles. The molecule has 0 saturated carbocycles. The first kappa shape index (κ1) is 19.1. The Morgan fingerprint density at radius 2 is 1.71 bits per heavy atom. The van der Waals surface area contributed by atoms with Gasteiger partial charge in [-0.15, -0.1) is 0 Å². The number of hydrogen-bond donors (Lipinski definition) is 0. The number of aryl methyl sites for hydroxylation is 1. The van der Waals surface area contributed by atoms with Gasteiger partial charge in [-0.25, -0.2) is 0 Å². The molecule has 1 aliphatic heterocycles. The average Bonchev–Trinajstić information content (AvgIpc) is 2.92. The van der Waals surface area contributed by atoms with Crippen molar-refractivity contribution in [3.8, 4) is 16.9 Å². The number of hydrogen-bond acceptors (Lipinski definition) is 2. The van der Waals surface area contributed by atoms with Gasteiger partial charge < -0.3 is 9.64 Å². The number of anilines is 1. The summed E-state index contributed by atoms with van der Waals surface area (Å²) in [5, 5.41) is 0. The minimum atomic E-state index is 0.115. The Labute approximate surface area is 176 Å². The summed E-state index contributed by atoms with van der Waals surface area (Å²) >= 11 is 3.76. The lowest BCUT2D eigenvalue weighted by molar-refractivity contribution is 0.414. The van der Waals surface area contributed by atoms with Crippen molar-refractivity contribution in [1.82, 2.24) is 0 Å². The first-order chi connectivity index (χ1) is 13.4. The van der Waals surface area contributed by atoms with Crippen LogP contribution in [0, 0.1) is 6.92 Å². The van der Waals surface area contributed by atoms with E-state index in [4.69, 9.17) is 4.74 Å². The van der Waals surface area contributed by atoms with Gasteiger partial charge in [0.05, 0.1) is 7.11 Å². The van der Waals surface area contributed by atoms with Crippen LogP contribution in [0.4, 0.5) is 5.69 Å². The average molecular weight is 436 g/mol. The maximum Gasteiger partial charge on any atom is 0.118 e. The summed E-state index contributed by atoms with van der Waals surface area (Å²) in [6.07, 6.45) is 0. The molecule has 0 spiro atoms. The van der Waals surface area contributed by atoms with Crippen LogP contribution in [0.5, 0.6) is 5.75 Å². The summed E-state index contributed by atoms with van der Waals surface area (Å²) in [5.41, 5.74) is 8.07. The molecular weight excluding hydrogens is 410 g/mol. The minimum absolute atomic E-state index is 0.115. The summed E-state index contributed by atoms with van der Waals surface area (Å²) in [4.78, 5) is 2.53. The van der Waals surface area contributed by atoms with E-state index < -0.39 is 0 Å². The van der Waals surface area contributed by atoms with Crippen molar-refractivity contribution in [2.75, 3.05) is 18.6 Å². The van der Waals surface area contributed by atoms with Gasteiger partial charge in [0.15, 0.2) is 0 Å². The Morgan fingerprint density at radius 1 is 1.00 bits per heavy atom. The van der Waals surface area contributed by atoms with Crippen LogP contribution in [-0.4, -0.2) is 13.7 Å². The summed E-state index contributed by atoms with van der Waals surface area (Å²) in [6, 6.07) is 21.6. The third-order valence-electron chi connectivity index (χ3n) is 5.58. The van der Waals surface area contributed by atoms with E-state index in [1.54, 1.807) is 7.11 Å². The van der Waals surface area contributed by atoms with Gasteiger partial charge in [-0.2, -0.15) is 0 Å². The van der Waals surface area contributed by atoms with Crippen molar-refractivity contribution < 1.29 is 4.74 Å². The molecule has 0 N–H and O–H groups in total. The van der Waals surface area contributed by atoms with Gasteiger partial charge in [-0.3, -0.25) is 0 Å². The Hall–Kier alpha value is -2.26. The molecule has 0 radical (unpaired) electrons. The van der Waals surface area contributed by atoms with E-state index in [0.29, 0.717) is 0 Å². The molecule has 0 bridgehead atoms. The molecule has 3 aromatic carbocycles. The second-order valence-electron chi connectivity index (χ2n) is 8.28. The molecule has 0 amide bonds. The highest BCUT2D eigenvalue weighted by Gasteiger charge is 2.37. The highest BCUT2D eigenvalue weighted by molar-refractivity contribution is 9.10. The highest BCUT2D eigenvalue weighted by atomic mass is 79.9. The predicted molar refractivity (Wildman–Crippen MR) is 121 cm³/mol. The number of ether oxygens (including phenoxy) is 1. The Balaban J connectivity index is 1.82. The van der Waals surface area contributed by atoms with Crippen LogP contribution < -0.4 is 9.64 Å². The standard InChI is InChI=1S/C25H26BrNO/c1-17-13-21(20-7-5-6-8-23(20)26)24-22(14-17)25(2,3)16-27(24)15-18-9-11-19(28-4)12-10-18/h5-14H,15-16H2,1-4H3. The number of halogens is 1. The van der Waals surface area contributed by atoms with Crippen LogP contribution in [-0.2, 0) is 12.0 Å². The smallest absolute Gasteiger partial charge is 0.118 e. The first-order valence-electron chi connectivity index (χ1n) is 9.67. The number of benzene rings is 3. The Bertz CT molecular complexity index is 1010. The quantitative estimate of drug-likeness (QED) is 0.450. The van der Waals surface area contributed by atoms with Gasteiger partial charge >= 0.3 is 0 Å². The van der Waals surface area contributed by atoms with E-state index in [1.807, 2.05) is 12.1 Å². The van der Waals surface area contributed by atoms with Gasteiger partial charge in [-0.05, 0) is 47.9 Å². The van der Waals surface area contributed by atoms with Crippen LogP contribution in [0.25, 0.3) is 11.1 Å². The largest absolute Gasteiger partial charge is 0.497 e. The van der Waals surface area contributed by atoms with E-state index in [1.165, 1.54) is 33.5 Å². The van der Waals surface area contributed by atoms with Crippen LogP contribution in [0.1, 0.15) is 30.5 Å². The van der Waals surface area contributed by atoms with E-state index in [-0.39, 0.29) is 5.41 Å². The van der Waals surface area contributed by atoms with Crippen molar-refractivity contribution in [2.45, 2.75) is 32.7 Å². The van der Waals surface area contributed by atoms with Gasteiger partial charge in [0.1, 0.15) is 5.75 Å². The third kappa shape index (κ3) is 3.44. The van der Waals surface area contributed by atoms with Crippen molar-refractivity contribution in [2.24, 2.45) is 0 Å². The topological polar surface area (TPSA) is 12.5 Å². The lowest BCUT2D eigenvalue weighted by Gasteiger charge is -2.24. The molecule has 4 rings (SSSR count). The summed E-state index contributed by atoms with van der Waals surface area (Å²) in [5.74, 6) is 0.899. The normalized spacial score (nSPS) is 14.8. The molecule has 0 aliphatic carbocycles. The highest BCUT2D eigenvalue weighted by Crippen LogP contribution is 2.48. The van der Waals surface area contributed by atoms with Crippen molar-refractivity contribution in [3.63, 3.8) is 0 Å². The number of fused-ring (bicyclic) bond motifs is 1. The maximum absolute atomic E-state index is 5.31. The minimum Gasteiger partial charge on any atom is -0.497 e. The van der Waals surface area contributed by atoms with Gasteiger partial charge in [0, 0.05) is 34.2 Å². The first-order valence-corrected chi connectivity index (χ1v) is 10.5. The fourth-order valence-corrected chi connectivity index (χ4v) is 4.75. The van der Waals surface area contributed by atoms with Crippen LogP contribution in [0.15, 0.2) is 65.1 Å². The molecule has 3 aromatic rings. The van der Waals surface area contributed by atoms with Crippen molar-refractivity contribution >= 4 is 21.6 Å². The van der Waals surface area contributed by atoms with Crippen molar-refractivity contribution in [1.29, 1.82) is 0 Å². The van der Waals surface area contributed by atoms with E-state index in [9.17, 15) is 0 Å².